The first kappa shape index (κ1) is 22.7. The van der Waals surface area contributed by atoms with Crippen LogP contribution in [0.3, 0.4) is 0 Å². The van der Waals surface area contributed by atoms with E-state index in [9.17, 15) is 0 Å². The summed E-state index contributed by atoms with van der Waals surface area (Å²) in [6.07, 6.45) is 0. The lowest BCUT2D eigenvalue weighted by Gasteiger charge is -2.16. The molecule has 6 heteroatoms. The van der Waals surface area contributed by atoms with Crippen LogP contribution >= 0.6 is 0 Å². The van der Waals surface area contributed by atoms with Crippen molar-refractivity contribution >= 4 is 5.96 Å². The molecule has 2 N–H and O–H groups in total. The van der Waals surface area contributed by atoms with E-state index < -0.39 is 0 Å². The first-order chi connectivity index (χ1) is 14.0. The Morgan fingerprint density at radius 3 is 2.48 bits per heavy atom. The van der Waals surface area contributed by atoms with Crippen LogP contribution in [-0.4, -0.2) is 52.3 Å². The number of ether oxygens (including phenoxy) is 2. The Morgan fingerprint density at radius 2 is 1.76 bits per heavy atom. The predicted octanol–water partition coefficient (Wildman–Crippen LogP) is 2.95. The van der Waals surface area contributed by atoms with Gasteiger partial charge in [-0.2, -0.15) is 0 Å². The minimum atomic E-state index is 0.531. The van der Waals surface area contributed by atoms with Gasteiger partial charge in [0.15, 0.2) is 5.96 Å². The lowest BCUT2D eigenvalue weighted by atomic mass is 10.1. The SMILES string of the molecule is CN=C(NCc1cccc(CN(C)C)c1)NCc1ccc(C)cc1OCCOC. The molecule has 0 heterocycles. The Balaban J connectivity index is 1.92. The van der Waals surface area contributed by atoms with Crippen LogP contribution < -0.4 is 15.4 Å². The Labute approximate surface area is 174 Å². The van der Waals surface area contributed by atoms with Gasteiger partial charge in [-0.25, -0.2) is 0 Å². The number of methoxy groups -OCH3 is 1. The summed E-state index contributed by atoms with van der Waals surface area (Å²) in [5.41, 5.74) is 4.78. The summed E-state index contributed by atoms with van der Waals surface area (Å²) in [4.78, 5) is 6.50. The third-order valence-electron chi connectivity index (χ3n) is 4.39. The third kappa shape index (κ3) is 8.13. The molecule has 0 bridgehead atoms. The molecule has 0 saturated heterocycles. The van der Waals surface area contributed by atoms with Crippen molar-refractivity contribution in [1.29, 1.82) is 0 Å². The maximum absolute atomic E-state index is 5.87. The van der Waals surface area contributed by atoms with Crippen molar-refractivity contribution in [2.75, 3.05) is 41.5 Å². The Hall–Kier alpha value is -2.57. The number of hydrogen-bond acceptors (Lipinski definition) is 4. The molecular formula is C23H34N4O2. The smallest absolute Gasteiger partial charge is 0.191 e. The fraction of sp³-hybridized carbons (Fsp3) is 0.435. The molecule has 2 rings (SSSR count). The second kappa shape index (κ2) is 12.1. The fourth-order valence-corrected chi connectivity index (χ4v) is 2.97. The molecule has 158 valence electrons. The number of nitrogens with one attached hydrogen (secondary N) is 2. The Kier molecular flexibility index (Phi) is 9.47. The fourth-order valence-electron chi connectivity index (χ4n) is 2.97. The Bertz CT molecular complexity index is 790. The highest BCUT2D eigenvalue weighted by Gasteiger charge is 2.06. The van der Waals surface area contributed by atoms with E-state index in [0.717, 1.165) is 23.8 Å². The molecule has 0 saturated carbocycles. The number of rotatable bonds is 10. The Morgan fingerprint density at radius 1 is 1.00 bits per heavy atom. The maximum atomic E-state index is 5.87. The molecule has 2 aromatic carbocycles. The predicted molar refractivity (Wildman–Crippen MR) is 119 cm³/mol. The summed E-state index contributed by atoms with van der Waals surface area (Å²) in [5.74, 6) is 1.63. The van der Waals surface area contributed by atoms with Gasteiger partial charge in [0, 0.05) is 39.4 Å². The first-order valence-electron chi connectivity index (χ1n) is 9.90. The monoisotopic (exact) mass is 398 g/mol. The number of nitrogens with zero attached hydrogens (tertiary/aromatic N) is 2. The van der Waals surface area contributed by atoms with Crippen LogP contribution in [0.15, 0.2) is 47.5 Å². The van der Waals surface area contributed by atoms with E-state index in [-0.39, 0.29) is 0 Å². The summed E-state index contributed by atoms with van der Waals surface area (Å²) in [6.45, 7) is 5.43. The van der Waals surface area contributed by atoms with Gasteiger partial charge < -0.3 is 25.0 Å². The molecule has 29 heavy (non-hydrogen) atoms. The lowest BCUT2D eigenvalue weighted by molar-refractivity contribution is 0.145. The van der Waals surface area contributed by atoms with Gasteiger partial charge in [-0.05, 0) is 43.8 Å². The number of benzene rings is 2. The largest absolute Gasteiger partial charge is 0.491 e. The first-order valence-corrected chi connectivity index (χ1v) is 9.90. The number of hydrogen-bond donors (Lipinski definition) is 2. The van der Waals surface area contributed by atoms with Crippen molar-refractivity contribution in [3.8, 4) is 5.75 Å². The van der Waals surface area contributed by atoms with Crippen molar-refractivity contribution in [3.05, 3.63) is 64.7 Å². The zero-order valence-electron chi connectivity index (χ0n) is 18.3. The van der Waals surface area contributed by atoms with E-state index in [1.165, 1.54) is 16.7 Å². The molecule has 0 spiro atoms. The van der Waals surface area contributed by atoms with Gasteiger partial charge in [0.1, 0.15) is 12.4 Å². The topological polar surface area (TPSA) is 58.1 Å². The van der Waals surface area contributed by atoms with Gasteiger partial charge in [0.2, 0.25) is 0 Å². The standard InChI is InChI=1S/C23H34N4O2/c1-18-9-10-21(22(13-18)29-12-11-28-5)16-26-23(24-2)25-15-19-7-6-8-20(14-19)17-27(3)4/h6-10,13-14H,11-12,15-17H2,1-5H3,(H2,24,25,26). The minimum Gasteiger partial charge on any atom is -0.491 e. The molecule has 0 fully saturated rings. The van der Waals surface area contributed by atoms with Gasteiger partial charge in [-0.15, -0.1) is 0 Å². The van der Waals surface area contributed by atoms with E-state index >= 15 is 0 Å². The molecule has 0 amide bonds. The van der Waals surface area contributed by atoms with E-state index in [4.69, 9.17) is 9.47 Å². The summed E-state index contributed by atoms with van der Waals surface area (Å²) >= 11 is 0. The molecule has 6 nitrogen and oxygen atoms in total. The van der Waals surface area contributed by atoms with Crippen molar-refractivity contribution in [2.24, 2.45) is 4.99 Å². The zero-order valence-corrected chi connectivity index (χ0v) is 18.3. The van der Waals surface area contributed by atoms with E-state index in [1.807, 2.05) is 0 Å². The summed E-state index contributed by atoms with van der Waals surface area (Å²) < 4.78 is 10.9. The summed E-state index contributed by atoms with van der Waals surface area (Å²) in [5, 5.41) is 6.76. The van der Waals surface area contributed by atoms with E-state index in [1.54, 1.807) is 14.2 Å². The highest BCUT2D eigenvalue weighted by Crippen LogP contribution is 2.20. The number of aliphatic imine (C=N–C) groups is 1. The normalized spacial score (nSPS) is 11.6. The van der Waals surface area contributed by atoms with Gasteiger partial charge >= 0.3 is 0 Å². The van der Waals surface area contributed by atoms with Crippen molar-refractivity contribution in [3.63, 3.8) is 0 Å². The summed E-state index contributed by atoms with van der Waals surface area (Å²) in [6, 6.07) is 14.8. The van der Waals surface area contributed by atoms with Crippen LogP contribution in [-0.2, 0) is 24.4 Å². The molecule has 0 aliphatic rings. The maximum Gasteiger partial charge on any atom is 0.191 e. The molecule has 0 unspecified atom stereocenters. The second-order valence-corrected chi connectivity index (χ2v) is 7.29. The zero-order chi connectivity index (χ0) is 21.1. The average molecular weight is 399 g/mol. The van der Waals surface area contributed by atoms with Gasteiger partial charge in [0.05, 0.1) is 6.61 Å². The van der Waals surface area contributed by atoms with Crippen molar-refractivity contribution < 1.29 is 9.47 Å². The van der Waals surface area contributed by atoms with Gasteiger partial charge in [-0.3, -0.25) is 4.99 Å². The number of aryl methyl sites for hydroxylation is 1. The number of guanidine groups is 1. The quantitative estimate of drug-likeness (QED) is 0.366. The van der Waals surface area contributed by atoms with Crippen LogP contribution in [0.1, 0.15) is 22.3 Å². The summed E-state index contributed by atoms with van der Waals surface area (Å²) in [7, 11) is 7.61. The molecule has 0 atom stereocenters. The van der Waals surface area contributed by atoms with Crippen LogP contribution in [0, 0.1) is 6.92 Å². The van der Waals surface area contributed by atoms with Crippen LogP contribution in [0.2, 0.25) is 0 Å². The molecule has 0 aromatic heterocycles. The molecule has 0 aliphatic heterocycles. The van der Waals surface area contributed by atoms with Gasteiger partial charge in [-0.1, -0.05) is 36.4 Å². The van der Waals surface area contributed by atoms with Crippen molar-refractivity contribution in [1.82, 2.24) is 15.5 Å². The second-order valence-electron chi connectivity index (χ2n) is 7.29. The minimum absolute atomic E-state index is 0.531. The van der Waals surface area contributed by atoms with E-state index in [0.29, 0.717) is 26.3 Å². The van der Waals surface area contributed by atoms with Crippen molar-refractivity contribution in [2.45, 2.75) is 26.6 Å². The van der Waals surface area contributed by atoms with E-state index in [2.05, 4.69) is 84.0 Å². The third-order valence-corrected chi connectivity index (χ3v) is 4.39. The van der Waals surface area contributed by atoms with Gasteiger partial charge in [0.25, 0.3) is 0 Å². The lowest BCUT2D eigenvalue weighted by Crippen LogP contribution is -2.36. The molecule has 2 aromatic rings. The van der Waals surface area contributed by atoms with Crippen LogP contribution in [0.25, 0.3) is 0 Å². The molecule has 0 aliphatic carbocycles. The molecule has 0 radical (unpaired) electrons. The molecular weight excluding hydrogens is 364 g/mol. The highest BCUT2D eigenvalue weighted by molar-refractivity contribution is 5.79. The van der Waals surface area contributed by atoms with Crippen LogP contribution in [0.4, 0.5) is 0 Å². The van der Waals surface area contributed by atoms with Crippen LogP contribution in [0.5, 0.6) is 5.75 Å². The highest BCUT2D eigenvalue weighted by atomic mass is 16.5. The average Bonchev–Trinajstić information content (AvgIpc) is 2.69.